The van der Waals surface area contributed by atoms with Crippen LogP contribution in [0, 0.1) is 11.3 Å². The zero-order valence-corrected chi connectivity index (χ0v) is 14.5. The minimum atomic E-state index is -0.297. The van der Waals surface area contributed by atoms with Gasteiger partial charge in [0.1, 0.15) is 0 Å². The smallest absolute Gasteiger partial charge is 0.265 e. The molecule has 0 saturated carbocycles. The monoisotopic (exact) mass is 361 g/mol. The molecule has 0 aliphatic rings. The van der Waals surface area contributed by atoms with E-state index < -0.39 is 0 Å². The maximum Gasteiger partial charge on any atom is 0.265 e. The van der Waals surface area contributed by atoms with Crippen LogP contribution in [-0.4, -0.2) is 11.8 Å². The van der Waals surface area contributed by atoms with Crippen molar-refractivity contribution in [3.8, 4) is 6.07 Å². The molecule has 26 heavy (non-hydrogen) atoms. The highest BCUT2D eigenvalue weighted by atomic mass is 32.1. The van der Waals surface area contributed by atoms with Crippen molar-refractivity contribution >= 4 is 28.8 Å². The first-order valence-corrected chi connectivity index (χ1v) is 8.76. The average molecular weight is 361 g/mol. The Hall–Kier alpha value is -3.43. The molecule has 128 valence electrons. The number of thiophene rings is 1. The number of nitrogens with zero attached hydrogens (tertiary/aromatic N) is 1. The summed E-state index contributed by atoms with van der Waals surface area (Å²) in [6, 6.07) is 19.5. The number of nitrogens with one attached hydrogen (secondary N) is 2. The molecule has 0 aliphatic carbocycles. The number of hydrogen-bond donors (Lipinski definition) is 2. The zero-order chi connectivity index (χ0) is 18.4. The molecule has 2 aromatic carbocycles. The standard InChI is InChI=1S/C20H15N3O2S/c21-12-14-5-3-6-15(11-14)13-22-19(24)16-7-1-2-8-17(16)23-20(25)18-9-4-10-26-18/h1-11H,13H2,(H,22,24)(H,23,25). The molecule has 2 N–H and O–H groups in total. The van der Waals surface area contributed by atoms with Gasteiger partial charge in [-0.1, -0.05) is 30.3 Å². The Kier molecular flexibility index (Phi) is 5.42. The first kappa shape index (κ1) is 17.4. The fraction of sp³-hybridized carbons (Fsp3) is 0.0500. The molecule has 0 atom stereocenters. The van der Waals surface area contributed by atoms with E-state index in [-0.39, 0.29) is 11.8 Å². The van der Waals surface area contributed by atoms with Crippen molar-refractivity contribution in [3.63, 3.8) is 0 Å². The lowest BCUT2D eigenvalue weighted by molar-refractivity contribution is 0.0952. The molecular weight excluding hydrogens is 346 g/mol. The second kappa shape index (κ2) is 8.10. The maximum atomic E-state index is 12.5. The van der Waals surface area contributed by atoms with E-state index in [4.69, 9.17) is 5.26 Å². The number of carbonyl (C=O) groups excluding carboxylic acids is 2. The topological polar surface area (TPSA) is 82.0 Å². The molecule has 6 heteroatoms. The van der Waals surface area contributed by atoms with Gasteiger partial charge in [0.2, 0.25) is 0 Å². The van der Waals surface area contributed by atoms with Gasteiger partial charge in [0.15, 0.2) is 0 Å². The SMILES string of the molecule is N#Cc1cccc(CNC(=O)c2ccccc2NC(=O)c2cccs2)c1. The Morgan fingerprint density at radius 3 is 2.62 bits per heavy atom. The summed E-state index contributed by atoms with van der Waals surface area (Å²) in [5, 5.41) is 16.4. The third-order valence-corrected chi connectivity index (χ3v) is 4.54. The van der Waals surface area contributed by atoms with Crippen LogP contribution in [0.4, 0.5) is 5.69 Å². The number of rotatable bonds is 5. The first-order valence-electron chi connectivity index (χ1n) is 7.88. The summed E-state index contributed by atoms with van der Waals surface area (Å²) in [5.41, 5.74) is 2.21. The van der Waals surface area contributed by atoms with Crippen LogP contribution < -0.4 is 10.6 Å². The molecule has 0 bridgehead atoms. The molecule has 0 fully saturated rings. The van der Waals surface area contributed by atoms with E-state index in [0.717, 1.165) is 5.56 Å². The Morgan fingerprint density at radius 2 is 1.85 bits per heavy atom. The van der Waals surface area contributed by atoms with E-state index in [1.165, 1.54) is 11.3 Å². The summed E-state index contributed by atoms with van der Waals surface area (Å²) in [6.45, 7) is 0.293. The quantitative estimate of drug-likeness (QED) is 0.725. The van der Waals surface area contributed by atoms with E-state index in [9.17, 15) is 9.59 Å². The summed E-state index contributed by atoms with van der Waals surface area (Å²) in [4.78, 5) is 25.4. The summed E-state index contributed by atoms with van der Waals surface area (Å²) >= 11 is 1.34. The number of anilines is 1. The minimum Gasteiger partial charge on any atom is -0.348 e. The van der Waals surface area contributed by atoms with Crippen molar-refractivity contribution in [2.45, 2.75) is 6.54 Å². The highest BCUT2D eigenvalue weighted by Gasteiger charge is 2.14. The molecule has 3 rings (SSSR count). The van der Waals surface area contributed by atoms with Crippen molar-refractivity contribution in [1.82, 2.24) is 5.32 Å². The van der Waals surface area contributed by atoms with Gasteiger partial charge in [-0.25, -0.2) is 0 Å². The lowest BCUT2D eigenvalue weighted by Gasteiger charge is -2.11. The highest BCUT2D eigenvalue weighted by Crippen LogP contribution is 2.18. The third-order valence-electron chi connectivity index (χ3n) is 3.67. The molecule has 0 unspecified atom stereocenters. The number of amides is 2. The summed E-state index contributed by atoms with van der Waals surface area (Å²) < 4.78 is 0. The van der Waals surface area contributed by atoms with Gasteiger partial charge in [0, 0.05) is 6.54 Å². The number of carbonyl (C=O) groups is 2. The van der Waals surface area contributed by atoms with Crippen LogP contribution >= 0.6 is 11.3 Å². The molecule has 3 aromatic rings. The predicted molar refractivity (Wildman–Crippen MR) is 101 cm³/mol. The fourth-order valence-electron chi connectivity index (χ4n) is 2.41. The van der Waals surface area contributed by atoms with Gasteiger partial charge in [0.25, 0.3) is 11.8 Å². The highest BCUT2D eigenvalue weighted by molar-refractivity contribution is 7.12. The van der Waals surface area contributed by atoms with Crippen molar-refractivity contribution in [2.75, 3.05) is 5.32 Å². The van der Waals surface area contributed by atoms with E-state index in [2.05, 4.69) is 16.7 Å². The molecule has 0 spiro atoms. The van der Waals surface area contributed by atoms with E-state index in [0.29, 0.717) is 28.2 Å². The lowest BCUT2D eigenvalue weighted by Crippen LogP contribution is -2.24. The molecule has 5 nitrogen and oxygen atoms in total. The second-order valence-corrected chi connectivity index (χ2v) is 6.42. The van der Waals surface area contributed by atoms with Gasteiger partial charge < -0.3 is 10.6 Å². The number of para-hydroxylation sites is 1. The Bertz CT molecular complexity index is 975. The Morgan fingerprint density at radius 1 is 1.00 bits per heavy atom. The van der Waals surface area contributed by atoms with E-state index in [1.807, 2.05) is 11.4 Å². The molecular formula is C20H15N3O2S. The normalized spacial score (nSPS) is 9.96. The van der Waals surface area contributed by atoms with Crippen molar-refractivity contribution in [3.05, 3.63) is 87.6 Å². The summed E-state index contributed by atoms with van der Waals surface area (Å²) in [5.74, 6) is -0.545. The number of benzene rings is 2. The van der Waals surface area contributed by atoms with Crippen molar-refractivity contribution in [1.29, 1.82) is 5.26 Å². The van der Waals surface area contributed by atoms with Crippen LogP contribution in [-0.2, 0) is 6.54 Å². The van der Waals surface area contributed by atoms with E-state index in [1.54, 1.807) is 54.6 Å². The average Bonchev–Trinajstić information content (AvgIpc) is 3.21. The van der Waals surface area contributed by atoms with Gasteiger partial charge in [-0.15, -0.1) is 11.3 Å². The van der Waals surface area contributed by atoms with Crippen LogP contribution in [0.5, 0.6) is 0 Å². The van der Waals surface area contributed by atoms with Crippen LogP contribution in [0.1, 0.15) is 31.2 Å². The van der Waals surface area contributed by atoms with Gasteiger partial charge in [-0.2, -0.15) is 5.26 Å². The minimum absolute atomic E-state index is 0.248. The van der Waals surface area contributed by atoms with Crippen molar-refractivity contribution in [2.24, 2.45) is 0 Å². The van der Waals surface area contributed by atoms with E-state index >= 15 is 0 Å². The first-order chi connectivity index (χ1) is 12.7. The molecule has 1 aromatic heterocycles. The molecule has 0 radical (unpaired) electrons. The van der Waals surface area contributed by atoms with Gasteiger partial charge in [0.05, 0.1) is 27.8 Å². The number of nitriles is 1. The Balaban J connectivity index is 1.71. The predicted octanol–water partition coefficient (Wildman–Crippen LogP) is 3.80. The van der Waals surface area contributed by atoms with Gasteiger partial charge in [-0.05, 0) is 41.3 Å². The van der Waals surface area contributed by atoms with Crippen LogP contribution in [0.3, 0.4) is 0 Å². The number of hydrogen-bond acceptors (Lipinski definition) is 4. The Labute approximate surface area is 154 Å². The van der Waals surface area contributed by atoms with Crippen molar-refractivity contribution < 1.29 is 9.59 Å². The van der Waals surface area contributed by atoms with Crippen LogP contribution in [0.2, 0.25) is 0 Å². The second-order valence-electron chi connectivity index (χ2n) is 5.47. The van der Waals surface area contributed by atoms with Crippen LogP contribution in [0.25, 0.3) is 0 Å². The van der Waals surface area contributed by atoms with Gasteiger partial charge in [-0.3, -0.25) is 9.59 Å². The molecule has 1 heterocycles. The zero-order valence-electron chi connectivity index (χ0n) is 13.7. The maximum absolute atomic E-state index is 12.5. The van der Waals surface area contributed by atoms with Crippen LogP contribution in [0.15, 0.2) is 66.0 Å². The third kappa shape index (κ3) is 4.15. The summed E-state index contributed by atoms with van der Waals surface area (Å²) in [7, 11) is 0. The lowest BCUT2D eigenvalue weighted by atomic mass is 10.1. The summed E-state index contributed by atoms with van der Waals surface area (Å²) in [6.07, 6.45) is 0. The molecule has 0 saturated heterocycles. The largest absolute Gasteiger partial charge is 0.348 e. The fourth-order valence-corrected chi connectivity index (χ4v) is 3.03. The molecule has 2 amide bonds. The van der Waals surface area contributed by atoms with Gasteiger partial charge >= 0.3 is 0 Å². The molecule has 0 aliphatic heterocycles.